The highest BCUT2D eigenvalue weighted by Gasteiger charge is 2.06. The minimum absolute atomic E-state index is 0.491. The standard InChI is InChI=1S/C11H8ClN3/c1-7-2-3-9-8(6-7)14-11(12)10-4-5-13-15(9)10/h2-6H,1H3. The van der Waals surface area contributed by atoms with Gasteiger partial charge in [-0.05, 0) is 30.7 Å². The summed E-state index contributed by atoms with van der Waals surface area (Å²) in [6, 6.07) is 7.91. The second-order valence-corrected chi connectivity index (χ2v) is 3.88. The zero-order valence-corrected chi connectivity index (χ0v) is 8.86. The number of aromatic nitrogens is 3. The molecule has 0 bridgehead atoms. The molecule has 0 aliphatic heterocycles. The maximum absolute atomic E-state index is 6.06. The second kappa shape index (κ2) is 2.94. The Kier molecular flexibility index (Phi) is 1.70. The maximum atomic E-state index is 6.06. The molecule has 2 aromatic heterocycles. The van der Waals surface area contributed by atoms with Crippen LogP contribution in [0.3, 0.4) is 0 Å². The van der Waals surface area contributed by atoms with E-state index in [-0.39, 0.29) is 0 Å². The van der Waals surface area contributed by atoms with Crippen molar-refractivity contribution in [1.29, 1.82) is 0 Å². The molecule has 3 nitrogen and oxygen atoms in total. The zero-order chi connectivity index (χ0) is 10.4. The summed E-state index contributed by atoms with van der Waals surface area (Å²) in [6.45, 7) is 2.03. The van der Waals surface area contributed by atoms with Crippen LogP contribution in [0, 0.1) is 6.92 Å². The summed E-state index contributed by atoms with van der Waals surface area (Å²) in [5.41, 5.74) is 3.85. The van der Waals surface area contributed by atoms with Crippen molar-refractivity contribution in [2.75, 3.05) is 0 Å². The van der Waals surface area contributed by atoms with E-state index in [9.17, 15) is 0 Å². The van der Waals surface area contributed by atoms with Gasteiger partial charge in [0.05, 0.1) is 17.2 Å². The Labute approximate surface area is 91.3 Å². The van der Waals surface area contributed by atoms with Crippen LogP contribution < -0.4 is 0 Å². The Hall–Kier alpha value is -1.61. The van der Waals surface area contributed by atoms with Crippen LogP contribution in [0.5, 0.6) is 0 Å². The van der Waals surface area contributed by atoms with Gasteiger partial charge < -0.3 is 0 Å². The Balaban J connectivity index is 2.60. The summed E-state index contributed by atoms with van der Waals surface area (Å²) < 4.78 is 1.81. The lowest BCUT2D eigenvalue weighted by Crippen LogP contribution is -1.94. The number of rotatable bonds is 0. The largest absolute Gasteiger partial charge is 0.232 e. The van der Waals surface area contributed by atoms with E-state index in [0.29, 0.717) is 5.15 Å². The van der Waals surface area contributed by atoms with E-state index >= 15 is 0 Å². The van der Waals surface area contributed by atoms with Crippen LogP contribution in [-0.4, -0.2) is 14.6 Å². The molecular formula is C11H8ClN3. The number of aryl methyl sites for hydroxylation is 1. The van der Waals surface area contributed by atoms with Crippen LogP contribution in [0.4, 0.5) is 0 Å². The normalized spacial score (nSPS) is 11.3. The van der Waals surface area contributed by atoms with Gasteiger partial charge in [-0.1, -0.05) is 17.7 Å². The fraction of sp³-hybridized carbons (Fsp3) is 0.0909. The van der Waals surface area contributed by atoms with E-state index in [0.717, 1.165) is 22.1 Å². The van der Waals surface area contributed by atoms with Gasteiger partial charge in [0, 0.05) is 0 Å². The Morgan fingerprint density at radius 2 is 2.07 bits per heavy atom. The number of halogens is 1. The number of nitrogens with zero attached hydrogens (tertiary/aromatic N) is 3. The molecule has 4 heteroatoms. The maximum Gasteiger partial charge on any atom is 0.155 e. The van der Waals surface area contributed by atoms with Gasteiger partial charge in [-0.3, -0.25) is 0 Å². The summed E-state index contributed by atoms with van der Waals surface area (Å²) in [4.78, 5) is 4.34. The first kappa shape index (κ1) is 8.68. The summed E-state index contributed by atoms with van der Waals surface area (Å²) >= 11 is 6.06. The first-order valence-electron chi connectivity index (χ1n) is 4.65. The average Bonchev–Trinajstić information content (AvgIpc) is 2.66. The van der Waals surface area contributed by atoms with E-state index in [4.69, 9.17) is 11.6 Å². The zero-order valence-electron chi connectivity index (χ0n) is 8.11. The lowest BCUT2D eigenvalue weighted by Gasteiger charge is -2.03. The molecule has 0 unspecified atom stereocenters. The highest BCUT2D eigenvalue weighted by atomic mass is 35.5. The van der Waals surface area contributed by atoms with Crippen molar-refractivity contribution in [2.24, 2.45) is 0 Å². The van der Waals surface area contributed by atoms with Crippen molar-refractivity contribution >= 4 is 28.2 Å². The predicted octanol–water partition coefficient (Wildman–Crippen LogP) is 2.84. The van der Waals surface area contributed by atoms with Crippen LogP contribution in [-0.2, 0) is 0 Å². The van der Waals surface area contributed by atoms with Crippen molar-refractivity contribution in [2.45, 2.75) is 6.92 Å². The summed E-state index contributed by atoms with van der Waals surface area (Å²) in [5.74, 6) is 0. The molecule has 3 aromatic rings. The molecule has 0 saturated heterocycles. The fourth-order valence-corrected chi connectivity index (χ4v) is 1.95. The molecule has 3 rings (SSSR count). The molecule has 0 amide bonds. The van der Waals surface area contributed by atoms with Gasteiger partial charge in [-0.2, -0.15) is 5.10 Å². The van der Waals surface area contributed by atoms with Crippen molar-refractivity contribution in [3.05, 3.63) is 41.2 Å². The number of fused-ring (bicyclic) bond motifs is 3. The topological polar surface area (TPSA) is 30.2 Å². The molecule has 74 valence electrons. The molecule has 0 aliphatic rings. The first-order valence-corrected chi connectivity index (χ1v) is 5.03. The molecule has 0 aliphatic carbocycles. The van der Waals surface area contributed by atoms with Crippen LogP contribution in [0.1, 0.15) is 5.56 Å². The Morgan fingerprint density at radius 3 is 2.93 bits per heavy atom. The number of benzene rings is 1. The van der Waals surface area contributed by atoms with Crippen LogP contribution >= 0.6 is 11.6 Å². The van der Waals surface area contributed by atoms with E-state index in [1.165, 1.54) is 0 Å². The SMILES string of the molecule is Cc1ccc2c(c1)nc(Cl)c1ccnn12. The highest BCUT2D eigenvalue weighted by Crippen LogP contribution is 2.21. The number of hydrogen-bond acceptors (Lipinski definition) is 2. The van der Waals surface area contributed by atoms with Crippen molar-refractivity contribution < 1.29 is 0 Å². The van der Waals surface area contributed by atoms with Gasteiger partial charge in [0.15, 0.2) is 5.15 Å². The molecule has 2 heterocycles. The minimum Gasteiger partial charge on any atom is -0.232 e. The average molecular weight is 218 g/mol. The monoisotopic (exact) mass is 217 g/mol. The third-order valence-electron chi connectivity index (χ3n) is 2.43. The van der Waals surface area contributed by atoms with Crippen molar-refractivity contribution in [3.8, 4) is 0 Å². The molecule has 0 atom stereocenters. The Morgan fingerprint density at radius 1 is 1.20 bits per heavy atom. The third kappa shape index (κ3) is 1.20. The van der Waals surface area contributed by atoms with Gasteiger partial charge in [0.2, 0.25) is 0 Å². The van der Waals surface area contributed by atoms with Gasteiger partial charge in [-0.25, -0.2) is 9.50 Å². The summed E-state index contributed by atoms with van der Waals surface area (Å²) in [7, 11) is 0. The molecule has 0 radical (unpaired) electrons. The van der Waals surface area contributed by atoms with Gasteiger partial charge in [0.25, 0.3) is 0 Å². The first-order chi connectivity index (χ1) is 7.25. The summed E-state index contributed by atoms with van der Waals surface area (Å²) in [5, 5.41) is 4.72. The summed E-state index contributed by atoms with van der Waals surface area (Å²) in [6.07, 6.45) is 1.72. The molecule has 0 saturated carbocycles. The van der Waals surface area contributed by atoms with Crippen molar-refractivity contribution in [3.63, 3.8) is 0 Å². The lowest BCUT2D eigenvalue weighted by molar-refractivity contribution is 0.995. The minimum atomic E-state index is 0.491. The van der Waals surface area contributed by atoms with E-state index in [1.54, 1.807) is 6.20 Å². The van der Waals surface area contributed by atoms with E-state index in [1.807, 2.05) is 35.7 Å². The highest BCUT2D eigenvalue weighted by molar-refractivity contribution is 6.33. The van der Waals surface area contributed by atoms with Crippen LogP contribution in [0.25, 0.3) is 16.6 Å². The molecule has 0 spiro atoms. The third-order valence-corrected chi connectivity index (χ3v) is 2.71. The van der Waals surface area contributed by atoms with Gasteiger partial charge >= 0.3 is 0 Å². The molecule has 1 aromatic carbocycles. The van der Waals surface area contributed by atoms with Crippen LogP contribution in [0.2, 0.25) is 5.15 Å². The van der Waals surface area contributed by atoms with Crippen LogP contribution in [0.15, 0.2) is 30.5 Å². The molecule has 15 heavy (non-hydrogen) atoms. The quantitative estimate of drug-likeness (QED) is 0.580. The molecule has 0 N–H and O–H groups in total. The molecular weight excluding hydrogens is 210 g/mol. The fourth-order valence-electron chi connectivity index (χ4n) is 1.72. The lowest BCUT2D eigenvalue weighted by atomic mass is 10.2. The second-order valence-electron chi connectivity index (χ2n) is 3.52. The predicted molar refractivity (Wildman–Crippen MR) is 60.2 cm³/mol. The van der Waals surface area contributed by atoms with Gasteiger partial charge in [0.1, 0.15) is 5.52 Å². The van der Waals surface area contributed by atoms with E-state index < -0.39 is 0 Å². The van der Waals surface area contributed by atoms with Crippen molar-refractivity contribution in [1.82, 2.24) is 14.6 Å². The Bertz CT molecular complexity index is 657. The van der Waals surface area contributed by atoms with Gasteiger partial charge in [-0.15, -0.1) is 0 Å². The van der Waals surface area contributed by atoms with E-state index in [2.05, 4.69) is 10.1 Å². The molecule has 0 fully saturated rings. The number of hydrogen-bond donors (Lipinski definition) is 0. The smallest absolute Gasteiger partial charge is 0.155 e.